The molecule has 2 heterocycles. The van der Waals surface area contributed by atoms with Crippen molar-refractivity contribution in [2.75, 3.05) is 23.9 Å². The summed E-state index contributed by atoms with van der Waals surface area (Å²) in [4.78, 5) is 20.1. The molecule has 5 nitrogen and oxygen atoms in total. The second-order valence-corrected chi connectivity index (χ2v) is 11.4. The van der Waals surface area contributed by atoms with E-state index in [1.54, 1.807) is 24.2 Å². The lowest BCUT2D eigenvalue weighted by Crippen LogP contribution is -2.27. The molecule has 1 aliphatic heterocycles. The fourth-order valence-electron chi connectivity index (χ4n) is 3.37. The molecule has 0 saturated carbocycles. The molecule has 164 valence electrons. The van der Waals surface area contributed by atoms with Crippen molar-refractivity contribution < 1.29 is 14.6 Å². The number of benzene rings is 1. The van der Waals surface area contributed by atoms with Gasteiger partial charge in [0, 0.05) is 34.8 Å². The van der Waals surface area contributed by atoms with Crippen LogP contribution >= 0.6 is 35.3 Å². The molecule has 2 aromatic rings. The lowest BCUT2D eigenvalue weighted by Gasteiger charge is -2.38. The second kappa shape index (κ2) is 11.2. The average molecular weight is 475 g/mol. The highest BCUT2D eigenvalue weighted by molar-refractivity contribution is 8.17. The monoisotopic (exact) mass is 474 g/mol. The number of carboxylic acid groups (broad SMARTS) is 1. The van der Waals surface area contributed by atoms with E-state index in [0.29, 0.717) is 5.56 Å². The number of ether oxygens (including phenoxy) is 1. The van der Waals surface area contributed by atoms with Crippen LogP contribution < -0.4 is 4.74 Å². The van der Waals surface area contributed by atoms with Crippen LogP contribution in [0.5, 0.6) is 5.75 Å². The molecule has 8 heteroatoms. The minimum atomic E-state index is -0.949. The van der Waals surface area contributed by atoms with Crippen molar-refractivity contribution in [3.8, 4) is 17.6 Å². The molecule has 0 bridgehead atoms. The lowest BCUT2D eigenvalue weighted by atomic mass is 10.0. The maximum Gasteiger partial charge on any atom is 0.311 e. The second-order valence-electron chi connectivity index (χ2n) is 6.70. The van der Waals surface area contributed by atoms with E-state index in [1.165, 1.54) is 5.56 Å². The summed E-state index contributed by atoms with van der Waals surface area (Å²) in [6.07, 6.45) is 3.94. The number of aromatic nitrogens is 2. The molecule has 0 fully saturated rings. The summed E-state index contributed by atoms with van der Waals surface area (Å²) in [5.74, 6) is 9.78. The number of rotatable bonds is 8. The molecule has 0 saturated heterocycles. The van der Waals surface area contributed by atoms with E-state index in [4.69, 9.17) is 9.84 Å². The quantitative estimate of drug-likeness (QED) is 0.323. The third-order valence-corrected chi connectivity index (χ3v) is 8.59. The van der Waals surface area contributed by atoms with Crippen molar-refractivity contribution in [1.82, 2.24) is 9.97 Å². The molecule has 0 unspecified atom stereocenters. The number of nitrogens with zero attached hydrogens (tertiary/aromatic N) is 2. The number of carboxylic acids is 1. The van der Waals surface area contributed by atoms with Crippen molar-refractivity contribution in [3.63, 3.8) is 0 Å². The van der Waals surface area contributed by atoms with Gasteiger partial charge in [-0.1, -0.05) is 32.6 Å². The Labute approximate surface area is 196 Å². The van der Waals surface area contributed by atoms with Gasteiger partial charge < -0.3 is 9.84 Å². The zero-order valence-corrected chi connectivity index (χ0v) is 20.4. The van der Waals surface area contributed by atoms with Gasteiger partial charge in [0.1, 0.15) is 18.0 Å². The Kier molecular flexibility index (Phi) is 8.58. The van der Waals surface area contributed by atoms with Crippen LogP contribution in [0.3, 0.4) is 0 Å². The highest BCUT2D eigenvalue weighted by Gasteiger charge is 2.38. The lowest BCUT2D eigenvalue weighted by molar-refractivity contribution is -0.136. The van der Waals surface area contributed by atoms with Gasteiger partial charge in [0.25, 0.3) is 0 Å². The minimum absolute atomic E-state index is 0.00941. The molecule has 31 heavy (non-hydrogen) atoms. The molecule has 0 atom stereocenters. The van der Waals surface area contributed by atoms with E-state index < -0.39 is 5.97 Å². The zero-order chi connectivity index (χ0) is 22.3. The van der Waals surface area contributed by atoms with E-state index in [-0.39, 0.29) is 16.3 Å². The van der Waals surface area contributed by atoms with Gasteiger partial charge in [0.2, 0.25) is 0 Å². The van der Waals surface area contributed by atoms with E-state index >= 15 is 0 Å². The van der Waals surface area contributed by atoms with E-state index in [9.17, 15) is 4.79 Å². The molecule has 1 aromatic heterocycles. The van der Waals surface area contributed by atoms with Gasteiger partial charge in [-0.25, -0.2) is 9.97 Å². The summed E-state index contributed by atoms with van der Waals surface area (Å²) in [6.45, 7) is 7.26. The Morgan fingerprint density at radius 1 is 1.13 bits per heavy atom. The number of carbonyl (C=O) groups is 1. The first-order valence-electron chi connectivity index (χ1n) is 10.3. The van der Waals surface area contributed by atoms with Crippen molar-refractivity contribution in [1.29, 1.82) is 0 Å². The molecule has 0 spiro atoms. The molecular formula is C23H26N2O3S3. The van der Waals surface area contributed by atoms with Gasteiger partial charge in [-0.05, 0) is 29.4 Å². The summed E-state index contributed by atoms with van der Waals surface area (Å²) >= 11 is 5.70. The molecule has 3 rings (SSSR count). The van der Waals surface area contributed by atoms with Gasteiger partial charge in [0.05, 0.1) is 16.2 Å². The Morgan fingerprint density at radius 3 is 2.45 bits per heavy atom. The molecular weight excluding hydrogens is 448 g/mol. The van der Waals surface area contributed by atoms with Crippen LogP contribution in [-0.4, -0.2) is 44.9 Å². The van der Waals surface area contributed by atoms with Crippen molar-refractivity contribution >= 4 is 41.3 Å². The smallest absolute Gasteiger partial charge is 0.311 e. The largest absolute Gasteiger partial charge is 0.493 e. The first-order chi connectivity index (χ1) is 15.0. The van der Waals surface area contributed by atoms with Crippen LogP contribution in [0.25, 0.3) is 0 Å². The van der Waals surface area contributed by atoms with Crippen LogP contribution in [0.1, 0.15) is 49.7 Å². The summed E-state index contributed by atoms with van der Waals surface area (Å²) in [6, 6.07) is 4.34. The third kappa shape index (κ3) is 5.91. The zero-order valence-electron chi connectivity index (χ0n) is 17.9. The third-order valence-electron chi connectivity index (χ3n) is 4.59. The minimum Gasteiger partial charge on any atom is -0.493 e. The van der Waals surface area contributed by atoms with Crippen molar-refractivity contribution in [2.24, 2.45) is 0 Å². The van der Waals surface area contributed by atoms with E-state index in [1.807, 2.05) is 23.5 Å². The maximum absolute atomic E-state index is 10.8. The highest BCUT2D eigenvalue weighted by atomic mass is 32.2. The van der Waals surface area contributed by atoms with Gasteiger partial charge in [-0.2, -0.15) is 0 Å². The number of aliphatic carboxylic acids is 1. The van der Waals surface area contributed by atoms with E-state index in [2.05, 4.69) is 54.7 Å². The molecule has 1 N–H and O–H groups in total. The highest BCUT2D eigenvalue weighted by Crippen LogP contribution is 2.55. The van der Waals surface area contributed by atoms with Crippen LogP contribution in [-0.2, 0) is 15.3 Å². The van der Waals surface area contributed by atoms with Gasteiger partial charge in [-0.3, -0.25) is 4.79 Å². The summed E-state index contributed by atoms with van der Waals surface area (Å²) in [7, 11) is 0. The van der Waals surface area contributed by atoms with Crippen LogP contribution in [0.2, 0.25) is 0 Å². The summed E-state index contributed by atoms with van der Waals surface area (Å²) < 4.78 is 6.06. The van der Waals surface area contributed by atoms with E-state index in [0.717, 1.165) is 46.5 Å². The van der Waals surface area contributed by atoms with Crippen LogP contribution in [0.15, 0.2) is 29.4 Å². The van der Waals surface area contributed by atoms with Crippen molar-refractivity contribution in [3.05, 3.63) is 47.0 Å². The fourth-order valence-corrected chi connectivity index (χ4v) is 7.20. The number of hydrogen-bond acceptors (Lipinski definition) is 7. The molecule has 0 amide bonds. The standard InChI is InChI=1S/C23H26N2O3S3/c1-4-29-20-12-19-18(23(30-5-2,31-6-3)9-10-28-19)11-17(20)8-7-16-14-24-21(25-15-16)13-22(26)27/h11-12,14-15H,4-6,9-10,13H2,1-3H3,(H,26,27). The molecule has 1 aliphatic rings. The summed E-state index contributed by atoms with van der Waals surface area (Å²) in [5.41, 5.74) is 2.85. The molecule has 0 radical (unpaired) electrons. The van der Waals surface area contributed by atoms with Gasteiger partial charge in [-0.15, -0.1) is 35.3 Å². The molecule has 0 aliphatic carbocycles. The van der Waals surface area contributed by atoms with Crippen molar-refractivity contribution in [2.45, 2.75) is 42.6 Å². The number of hydrogen-bond donors (Lipinski definition) is 1. The molecule has 1 aromatic carbocycles. The van der Waals surface area contributed by atoms with Gasteiger partial charge in [0.15, 0.2) is 0 Å². The topological polar surface area (TPSA) is 72.3 Å². The predicted octanol–water partition coefficient (Wildman–Crippen LogP) is 5.06. The van der Waals surface area contributed by atoms with Crippen LogP contribution in [0.4, 0.5) is 0 Å². The Bertz CT molecular complexity index is 978. The Balaban J connectivity index is 2.00. The SMILES string of the molecule is CCSc1cc2c(cc1C#Cc1cnc(CC(=O)O)nc1)C(SCC)(SCC)CCO2. The van der Waals surface area contributed by atoms with Gasteiger partial charge >= 0.3 is 5.97 Å². The Morgan fingerprint density at radius 2 is 1.84 bits per heavy atom. The first-order valence-corrected chi connectivity index (χ1v) is 13.2. The number of thioether (sulfide) groups is 3. The first kappa shape index (κ1) is 23.8. The average Bonchev–Trinajstić information content (AvgIpc) is 2.74. The van der Waals surface area contributed by atoms with Crippen LogP contribution in [0, 0.1) is 11.8 Å². The normalized spacial score (nSPS) is 14.2. The Hall–Kier alpha value is -1.82. The maximum atomic E-state index is 10.8. The fraction of sp³-hybridized carbons (Fsp3) is 0.435. The number of fused-ring (bicyclic) bond motifs is 1. The summed E-state index contributed by atoms with van der Waals surface area (Å²) in [5, 5.41) is 8.86. The predicted molar refractivity (Wildman–Crippen MR) is 130 cm³/mol.